The molecule has 0 unspecified atom stereocenters. The molecule has 0 atom stereocenters. The van der Waals surface area contributed by atoms with Crippen LogP contribution in [0.2, 0.25) is 0 Å². The molecule has 0 aliphatic carbocycles. The SMILES string of the molecule is OC(F)(F)C(F)=C(F)C(F)(F)C(F)(F)C(F)(F)C(F)(F)C(F)(F)C(F)(F)F. The lowest BCUT2D eigenvalue weighted by molar-refractivity contribution is -0.438. The van der Waals surface area contributed by atoms with Gasteiger partial charge in [0.1, 0.15) is 0 Å². The normalized spacial score (nSPS) is 17.1. The largest absolute Gasteiger partial charge is 0.460 e. The third-order valence-corrected chi connectivity index (χ3v) is 2.67. The second-order valence-electron chi connectivity index (χ2n) is 4.54. The van der Waals surface area contributed by atoms with Crippen molar-refractivity contribution in [3.05, 3.63) is 11.7 Å². The van der Waals surface area contributed by atoms with Crippen LogP contribution in [0.4, 0.5) is 74.6 Å². The van der Waals surface area contributed by atoms with Gasteiger partial charge in [0.15, 0.2) is 0 Å². The molecule has 0 aromatic carbocycles. The summed E-state index contributed by atoms with van der Waals surface area (Å²) >= 11 is 0. The summed E-state index contributed by atoms with van der Waals surface area (Å²) in [7, 11) is 0. The van der Waals surface area contributed by atoms with E-state index in [9.17, 15) is 74.6 Å². The summed E-state index contributed by atoms with van der Waals surface area (Å²) in [5.74, 6) is -50.9. The van der Waals surface area contributed by atoms with Crippen LogP contribution < -0.4 is 0 Å². The quantitative estimate of drug-likeness (QED) is 0.536. The Balaban J connectivity index is 6.66. The van der Waals surface area contributed by atoms with E-state index in [1.165, 1.54) is 0 Å². The second kappa shape index (κ2) is 6.26. The van der Waals surface area contributed by atoms with Gasteiger partial charge in [-0.3, -0.25) is 0 Å². The third-order valence-electron chi connectivity index (χ3n) is 2.67. The van der Waals surface area contributed by atoms with Crippen molar-refractivity contribution in [3.8, 4) is 0 Å². The summed E-state index contributed by atoms with van der Waals surface area (Å²) in [6, 6.07) is 0. The van der Waals surface area contributed by atoms with E-state index in [4.69, 9.17) is 5.11 Å². The number of hydrogen-bond donors (Lipinski definition) is 1. The summed E-state index contributed by atoms with van der Waals surface area (Å²) < 4.78 is 212. The van der Waals surface area contributed by atoms with Crippen LogP contribution in [0.15, 0.2) is 11.7 Å². The lowest BCUT2D eigenvalue weighted by Gasteiger charge is -2.39. The third kappa shape index (κ3) is 3.51. The van der Waals surface area contributed by atoms with Crippen LogP contribution in [0, 0.1) is 0 Å². The molecule has 0 aromatic rings. The van der Waals surface area contributed by atoms with Gasteiger partial charge in [0.25, 0.3) is 0 Å². The van der Waals surface area contributed by atoms with Crippen LogP contribution in [0.25, 0.3) is 0 Å². The van der Waals surface area contributed by atoms with Crippen molar-refractivity contribution in [1.82, 2.24) is 0 Å². The molecular formula is C9HF17O. The van der Waals surface area contributed by atoms with Crippen LogP contribution >= 0.6 is 0 Å². The van der Waals surface area contributed by atoms with E-state index in [0.29, 0.717) is 0 Å². The van der Waals surface area contributed by atoms with E-state index in [-0.39, 0.29) is 0 Å². The molecule has 27 heavy (non-hydrogen) atoms. The number of alkyl halides is 15. The zero-order valence-electron chi connectivity index (χ0n) is 11.4. The minimum Gasteiger partial charge on any atom is -0.330 e. The first kappa shape index (κ1) is 25.5. The highest BCUT2D eigenvalue weighted by Crippen LogP contribution is 2.61. The van der Waals surface area contributed by atoms with Gasteiger partial charge in [-0.1, -0.05) is 0 Å². The maximum atomic E-state index is 12.9. The molecule has 0 aromatic heterocycles. The van der Waals surface area contributed by atoms with Gasteiger partial charge in [-0.25, -0.2) is 4.39 Å². The summed E-state index contributed by atoms with van der Waals surface area (Å²) in [5.41, 5.74) is 0. The zero-order valence-corrected chi connectivity index (χ0v) is 11.4. The van der Waals surface area contributed by atoms with Crippen molar-refractivity contribution in [2.45, 2.75) is 41.9 Å². The molecule has 0 spiro atoms. The van der Waals surface area contributed by atoms with Crippen LogP contribution in [0.5, 0.6) is 0 Å². The van der Waals surface area contributed by atoms with E-state index in [1.807, 2.05) is 0 Å². The molecule has 0 amide bonds. The minimum absolute atomic E-state index is 4.63. The molecule has 0 saturated heterocycles. The molecule has 0 saturated carbocycles. The lowest BCUT2D eigenvalue weighted by atomic mass is 9.93. The Bertz CT molecular complexity index is 591. The maximum absolute atomic E-state index is 12.9. The predicted octanol–water partition coefficient (Wildman–Crippen LogP) is 5.46. The molecular weight excluding hydrogens is 447 g/mol. The summed E-state index contributed by atoms with van der Waals surface area (Å²) in [6.45, 7) is 0. The molecule has 162 valence electrons. The highest BCUT2D eigenvalue weighted by molar-refractivity contribution is 5.22. The molecule has 0 bridgehead atoms. The first-order valence-electron chi connectivity index (χ1n) is 5.44. The van der Waals surface area contributed by atoms with Gasteiger partial charge in [-0.2, -0.15) is 70.2 Å². The number of rotatable bonds is 6. The van der Waals surface area contributed by atoms with Gasteiger partial charge in [0.2, 0.25) is 11.7 Å². The average Bonchev–Trinajstić information content (AvgIpc) is 2.42. The van der Waals surface area contributed by atoms with E-state index >= 15 is 0 Å². The summed E-state index contributed by atoms with van der Waals surface area (Å²) in [6.07, 6.45) is -14.1. The molecule has 0 fully saturated rings. The van der Waals surface area contributed by atoms with Crippen molar-refractivity contribution >= 4 is 0 Å². The van der Waals surface area contributed by atoms with Gasteiger partial charge < -0.3 is 5.11 Å². The highest BCUT2D eigenvalue weighted by Gasteiger charge is 2.91. The van der Waals surface area contributed by atoms with Gasteiger partial charge in [0, 0.05) is 0 Å². The van der Waals surface area contributed by atoms with Crippen molar-refractivity contribution in [2.75, 3.05) is 0 Å². The molecule has 1 N–H and O–H groups in total. The molecule has 0 aliphatic heterocycles. The first-order valence-corrected chi connectivity index (χ1v) is 5.44. The summed E-state index contributed by atoms with van der Waals surface area (Å²) in [5, 5.41) is 7.50. The van der Waals surface area contributed by atoms with Gasteiger partial charge in [0.05, 0.1) is 0 Å². The predicted molar refractivity (Wildman–Crippen MR) is 47.2 cm³/mol. The average molecular weight is 448 g/mol. The van der Waals surface area contributed by atoms with Crippen LogP contribution in [-0.4, -0.2) is 47.0 Å². The Morgan fingerprint density at radius 1 is 0.444 bits per heavy atom. The maximum Gasteiger partial charge on any atom is 0.460 e. The van der Waals surface area contributed by atoms with E-state index in [0.717, 1.165) is 0 Å². The van der Waals surface area contributed by atoms with Crippen molar-refractivity contribution in [1.29, 1.82) is 0 Å². The number of hydrogen-bond acceptors (Lipinski definition) is 1. The Morgan fingerprint density at radius 2 is 0.741 bits per heavy atom. The van der Waals surface area contributed by atoms with E-state index < -0.39 is 53.6 Å². The molecule has 0 heterocycles. The van der Waals surface area contributed by atoms with Gasteiger partial charge >= 0.3 is 41.9 Å². The fraction of sp³-hybridized carbons (Fsp3) is 0.778. The lowest BCUT2D eigenvalue weighted by Crippen LogP contribution is -2.70. The first-order chi connectivity index (χ1) is 11.3. The minimum atomic E-state index is -8.50. The Kier molecular flexibility index (Phi) is 5.92. The Hall–Kier alpha value is -1.49. The standard InChI is InChI=1S/C9HF17O/c10-1(2(11)4(14,15)27)3(12,13)5(16,17)6(18,19)7(20,21)8(22,23)9(24,25)26/h27H. The second-order valence-corrected chi connectivity index (χ2v) is 4.54. The monoisotopic (exact) mass is 448 g/mol. The molecule has 1 nitrogen and oxygen atoms in total. The highest BCUT2D eigenvalue weighted by atomic mass is 19.4. The van der Waals surface area contributed by atoms with Crippen LogP contribution in [-0.2, 0) is 0 Å². The zero-order chi connectivity index (χ0) is 22.7. The fourth-order valence-electron chi connectivity index (χ4n) is 1.18. The smallest absolute Gasteiger partial charge is 0.330 e. The van der Waals surface area contributed by atoms with Crippen LogP contribution in [0.3, 0.4) is 0 Å². The van der Waals surface area contributed by atoms with Crippen LogP contribution in [0.1, 0.15) is 0 Å². The molecule has 0 aliphatic rings. The Labute approximate surface area is 135 Å². The number of aliphatic hydroxyl groups is 1. The van der Waals surface area contributed by atoms with E-state index in [2.05, 4.69) is 0 Å². The molecule has 0 rings (SSSR count). The van der Waals surface area contributed by atoms with Crippen molar-refractivity contribution in [2.24, 2.45) is 0 Å². The van der Waals surface area contributed by atoms with E-state index in [1.54, 1.807) is 0 Å². The summed E-state index contributed by atoms with van der Waals surface area (Å²) in [4.78, 5) is 0. The Morgan fingerprint density at radius 3 is 1.00 bits per heavy atom. The van der Waals surface area contributed by atoms with Gasteiger partial charge in [-0.15, -0.1) is 0 Å². The number of allylic oxidation sites excluding steroid dienone is 1. The molecule has 18 heteroatoms. The van der Waals surface area contributed by atoms with Gasteiger partial charge in [-0.05, 0) is 0 Å². The van der Waals surface area contributed by atoms with Crippen molar-refractivity contribution in [3.63, 3.8) is 0 Å². The number of halogens is 17. The molecule has 0 radical (unpaired) electrons. The van der Waals surface area contributed by atoms with Crippen molar-refractivity contribution < 1.29 is 79.7 Å². The topological polar surface area (TPSA) is 20.2 Å². The fourth-order valence-corrected chi connectivity index (χ4v) is 1.18.